The fourth-order valence-electron chi connectivity index (χ4n) is 1.04. The fourth-order valence-corrected chi connectivity index (χ4v) is 1.41. The van der Waals surface area contributed by atoms with Gasteiger partial charge in [-0.1, -0.05) is 0 Å². The smallest absolute Gasteiger partial charge is 0.339 e. The highest BCUT2D eigenvalue weighted by Gasteiger charge is 2.18. The molecule has 0 saturated carbocycles. The lowest BCUT2D eigenvalue weighted by Gasteiger charge is -2.06. The van der Waals surface area contributed by atoms with Gasteiger partial charge in [0, 0.05) is 0 Å². The summed E-state index contributed by atoms with van der Waals surface area (Å²) < 4.78 is 29.3. The summed E-state index contributed by atoms with van der Waals surface area (Å²) in [7, 11) is 0. The van der Waals surface area contributed by atoms with E-state index in [9.17, 15) is 18.4 Å². The lowest BCUT2D eigenvalue weighted by molar-refractivity contribution is 0.0524. The summed E-state index contributed by atoms with van der Waals surface area (Å²) in [6.07, 6.45) is -2.85. The van der Waals surface area contributed by atoms with Gasteiger partial charge in [0.2, 0.25) is 0 Å². The van der Waals surface area contributed by atoms with Crippen LogP contribution in [0.4, 0.5) is 8.78 Å². The Balaban J connectivity index is 3.27. The van der Waals surface area contributed by atoms with Crippen molar-refractivity contribution in [1.82, 2.24) is 4.98 Å². The van der Waals surface area contributed by atoms with Crippen molar-refractivity contribution in [2.45, 2.75) is 13.3 Å². The van der Waals surface area contributed by atoms with Gasteiger partial charge in [-0.2, -0.15) is 0 Å². The summed E-state index contributed by atoms with van der Waals surface area (Å²) >= 11 is 2.84. The van der Waals surface area contributed by atoms with Crippen LogP contribution in [0.2, 0.25) is 0 Å². The van der Waals surface area contributed by atoms with Crippen LogP contribution >= 0.6 is 15.9 Å². The van der Waals surface area contributed by atoms with E-state index >= 15 is 0 Å². The molecule has 0 saturated heterocycles. The van der Waals surface area contributed by atoms with Gasteiger partial charge in [0.15, 0.2) is 0 Å². The Hall–Kier alpha value is -1.24. The number of pyridine rings is 1. The maximum atomic E-state index is 12.4. The number of halogens is 3. The van der Waals surface area contributed by atoms with Crippen LogP contribution in [0, 0.1) is 0 Å². The molecule has 4 nitrogen and oxygen atoms in total. The fraction of sp³-hybridized carbons (Fsp3) is 0.333. The van der Waals surface area contributed by atoms with Crippen molar-refractivity contribution in [1.29, 1.82) is 0 Å². The van der Waals surface area contributed by atoms with E-state index in [1.807, 2.05) is 4.98 Å². The van der Waals surface area contributed by atoms with Gasteiger partial charge in [-0.05, 0) is 28.9 Å². The number of alkyl halides is 2. The third-order valence-electron chi connectivity index (χ3n) is 1.72. The second-order valence-corrected chi connectivity index (χ2v) is 3.60. The molecule has 1 N–H and O–H groups in total. The molecule has 7 heteroatoms. The summed E-state index contributed by atoms with van der Waals surface area (Å²) in [5.41, 5.74) is -1.61. The van der Waals surface area contributed by atoms with Gasteiger partial charge in [-0.25, -0.2) is 13.6 Å². The van der Waals surface area contributed by atoms with Crippen LogP contribution in [0.1, 0.15) is 29.4 Å². The minimum atomic E-state index is -2.85. The largest absolute Gasteiger partial charge is 0.462 e. The molecular formula is C9H8BrF2NO3. The minimum absolute atomic E-state index is 0.0993. The molecule has 0 aliphatic carbocycles. The number of carbonyl (C=O) groups excluding carboxylic acids is 1. The maximum Gasteiger partial charge on any atom is 0.339 e. The van der Waals surface area contributed by atoms with Crippen LogP contribution in [0.25, 0.3) is 0 Å². The van der Waals surface area contributed by atoms with Crippen LogP contribution in [-0.2, 0) is 4.74 Å². The summed E-state index contributed by atoms with van der Waals surface area (Å²) in [5, 5.41) is 0. The molecule has 1 aromatic rings. The molecule has 1 rings (SSSR count). The molecule has 1 heterocycles. The average molecular weight is 296 g/mol. The standard InChI is InChI=1S/C9H8BrF2NO3/c1-2-16-9(15)4-3-5(7(11)12)13-8(14)6(4)10/h3,7H,2H2,1H3,(H,13,14). The number of ether oxygens (including phenoxy) is 1. The summed E-state index contributed by atoms with van der Waals surface area (Å²) in [4.78, 5) is 24.5. The molecule has 16 heavy (non-hydrogen) atoms. The topological polar surface area (TPSA) is 59.2 Å². The number of aromatic nitrogens is 1. The molecule has 0 bridgehead atoms. The highest BCUT2D eigenvalue weighted by atomic mass is 79.9. The lowest BCUT2D eigenvalue weighted by atomic mass is 10.2. The number of nitrogens with one attached hydrogen (secondary N) is 1. The highest BCUT2D eigenvalue weighted by Crippen LogP contribution is 2.20. The van der Waals surface area contributed by atoms with Crippen molar-refractivity contribution in [2.24, 2.45) is 0 Å². The maximum absolute atomic E-state index is 12.4. The third-order valence-corrected chi connectivity index (χ3v) is 2.51. The molecule has 0 atom stereocenters. The van der Waals surface area contributed by atoms with Crippen molar-refractivity contribution in [2.75, 3.05) is 6.61 Å². The average Bonchev–Trinajstić information content (AvgIpc) is 2.21. The Bertz CT molecular complexity index is 459. The lowest BCUT2D eigenvalue weighted by Crippen LogP contribution is -2.17. The number of hydrogen-bond donors (Lipinski definition) is 1. The number of rotatable bonds is 3. The monoisotopic (exact) mass is 295 g/mol. The predicted molar refractivity (Wildman–Crippen MR) is 55.7 cm³/mol. The van der Waals surface area contributed by atoms with E-state index in [1.165, 1.54) is 0 Å². The first kappa shape index (κ1) is 12.8. The van der Waals surface area contributed by atoms with E-state index in [-0.39, 0.29) is 16.6 Å². The molecule has 0 aliphatic rings. The first-order chi connectivity index (χ1) is 7.47. The van der Waals surface area contributed by atoms with E-state index < -0.39 is 23.6 Å². The third kappa shape index (κ3) is 2.66. The summed E-state index contributed by atoms with van der Waals surface area (Å²) in [5.74, 6) is -0.817. The van der Waals surface area contributed by atoms with Crippen molar-refractivity contribution in [3.8, 4) is 0 Å². The molecule has 0 radical (unpaired) electrons. The van der Waals surface area contributed by atoms with Gasteiger partial charge in [0.1, 0.15) is 0 Å². The van der Waals surface area contributed by atoms with E-state index in [4.69, 9.17) is 0 Å². The number of esters is 1. The summed E-state index contributed by atoms with van der Waals surface area (Å²) in [6, 6.07) is 0.897. The first-order valence-electron chi connectivity index (χ1n) is 4.35. The Labute approximate surface area is 97.7 Å². The van der Waals surface area contributed by atoms with Crippen molar-refractivity contribution >= 4 is 21.9 Å². The molecule has 0 spiro atoms. The zero-order chi connectivity index (χ0) is 12.3. The Morgan fingerprint density at radius 1 is 1.62 bits per heavy atom. The molecule has 0 amide bonds. The Kier molecular flexibility index (Phi) is 4.17. The van der Waals surface area contributed by atoms with Crippen molar-refractivity contribution in [3.05, 3.63) is 32.2 Å². The Morgan fingerprint density at radius 2 is 2.25 bits per heavy atom. The van der Waals surface area contributed by atoms with E-state index in [0.29, 0.717) is 0 Å². The molecule has 1 aromatic heterocycles. The van der Waals surface area contributed by atoms with E-state index in [2.05, 4.69) is 20.7 Å². The number of hydrogen-bond acceptors (Lipinski definition) is 3. The predicted octanol–water partition coefficient (Wildman–Crippen LogP) is 2.25. The molecule has 0 fully saturated rings. The Morgan fingerprint density at radius 3 is 2.75 bits per heavy atom. The minimum Gasteiger partial charge on any atom is -0.462 e. The zero-order valence-corrected chi connectivity index (χ0v) is 9.81. The van der Waals surface area contributed by atoms with Crippen LogP contribution in [0.3, 0.4) is 0 Å². The van der Waals surface area contributed by atoms with E-state index in [0.717, 1.165) is 6.07 Å². The van der Waals surface area contributed by atoms with Gasteiger partial charge in [-0.3, -0.25) is 4.79 Å². The van der Waals surface area contributed by atoms with Gasteiger partial charge < -0.3 is 9.72 Å². The number of carbonyl (C=O) groups is 1. The van der Waals surface area contributed by atoms with Crippen LogP contribution in [0.15, 0.2) is 15.3 Å². The number of H-pyrrole nitrogens is 1. The molecule has 88 valence electrons. The molecule has 0 aliphatic heterocycles. The van der Waals surface area contributed by atoms with Crippen LogP contribution < -0.4 is 5.56 Å². The SMILES string of the molecule is CCOC(=O)c1cc(C(F)F)[nH]c(=O)c1Br. The summed E-state index contributed by atoms with van der Waals surface area (Å²) in [6.45, 7) is 1.68. The van der Waals surface area contributed by atoms with Gasteiger partial charge in [0.05, 0.1) is 22.3 Å². The van der Waals surface area contributed by atoms with E-state index in [1.54, 1.807) is 6.92 Å². The zero-order valence-electron chi connectivity index (χ0n) is 8.22. The molecule has 0 aromatic carbocycles. The van der Waals surface area contributed by atoms with Gasteiger partial charge in [0.25, 0.3) is 12.0 Å². The first-order valence-corrected chi connectivity index (χ1v) is 5.14. The van der Waals surface area contributed by atoms with Crippen molar-refractivity contribution < 1.29 is 18.3 Å². The van der Waals surface area contributed by atoms with Crippen LogP contribution in [0.5, 0.6) is 0 Å². The van der Waals surface area contributed by atoms with Crippen LogP contribution in [-0.4, -0.2) is 17.6 Å². The molecular weight excluding hydrogens is 288 g/mol. The number of aromatic amines is 1. The normalized spacial score (nSPS) is 10.6. The van der Waals surface area contributed by atoms with Gasteiger partial charge >= 0.3 is 5.97 Å². The van der Waals surface area contributed by atoms with Crippen molar-refractivity contribution in [3.63, 3.8) is 0 Å². The quantitative estimate of drug-likeness (QED) is 0.870. The second kappa shape index (κ2) is 5.20. The highest BCUT2D eigenvalue weighted by molar-refractivity contribution is 9.10. The molecule has 0 unspecified atom stereocenters. The van der Waals surface area contributed by atoms with Gasteiger partial charge in [-0.15, -0.1) is 0 Å². The second-order valence-electron chi connectivity index (χ2n) is 2.80.